The normalized spacial score (nSPS) is 28.3. The van der Waals surface area contributed by atoms with Crippen LogP contribution in [0.4, 0.5) is 5.69 Å². The summed E-state index contributed by atoms with van der Waals surface area (Å²) in [5.41, 5.74) is 0.761. The summed E-state index contributed by atoms with van der Waals surface area (Å²) in [6.07, 6.45) is 0. The summed E-state index contributed by atoms with van der Waals surface area (Å²) in [4.78, 5) is 1.81. The molecule has 2 fully saturated rings. The topological polar surface area (TPSA) is 49.4 Å². The lowest BCUT2D eigenvalue weighted by Gasteiger charge is -2.23. The van der Waals surface area contributed by atoms with Gasteiger partial charge in [-0.15, -0.1) is 0 Å². The fourth-order valence-electron chi connectivity index (χ4n) is 2.54. The van der Waals surface area contributed by atoms with E-state index in [-0.39, 0.29) is 23.6 Å². The van der Waals surface area contributed by atoms with Crippen molar-refractivity contribution in [1.82, 2.24) is 5.32 Å². The molecule has 2 atom stereocenters. The highest BCUT2D eigenvalue weighted by Crippen LogP contribution is 2.33. The third-order valence-electron chi connectivity index (χ3n) is 3.36. The van der Waals surface area contributed by atoms with Gasteiger partial charge in [0, 0.05) is 5.69 Å². The summed E-state index contributed by atoms with van der Waals surface area (Å²) in [6.45, 7) is 0. The lowest BCUT2D eigenvalue weighted by atomic mass is 10.1. The second kappa shape index (κ2) is 4.48. The minimum absolute atomic E-state index is 0.102. The minimum Gasteiger partial charge on any atom is -0.356 e. The summed E-state index contributed by atoms with van der Waals surface area (Å²) < 4.78 is 23.4. The van der Waals surface area contributed by atoms with Crippen LogP contribution < -0.4 is 10.2 Å². The van der Waals surface area contributed by atoms with Crippen LogP contribution in [0.2, 0.25) is 10.0 Å². The molecular weight excluding hydrogens is 327 g/mol. The van der Waals surface area contributed by atoms with Crippen LogP contribution >= 0.6 is 35.4 Å². The molecule has 8 heteroatoms. The van der Waals surface area contributed by atoms with E-state index in [0.29, 0.717) is 15.2 Å². The van der Waals surface area contributed by atoms with Crippen molar-refractivity contribution in [2.75, 3.05) is 16.4 Å². The molecule has 2 heterocycles. The van der Waals surface area contributed by atoms with Gasteiger partial charge < -0.3 is 10.2 Å². The van der Waals surface area contributed by atoms with Crippen LogP contribution in [0, 0.1) is 0 Å². The number of benzene rings is 1. The molecular formula is C11H10Cl2N2O2S2. The number of nitrogens with one attached hydrogen (secondary N) is 1. The molecule has 0 bridgehead atoms. The second-order valence-electron chi connectivity index (χ2n) is 4.67. The fourth-order valence-corrected chi connectivity index (χ4v) is 5.12. The Labute approximate surface area is 126 Å². The maximum absolute atomic E-state index is 11.7. The Balaban J connectivity index is 1.99. The van der Waals surface area contributed by atoms with Crippen LogP contribution in [0.1, 0.15) is 0 Å². The Morgan fingerprint density at radius 3 is 2.68 bits per heavy atom. The number of sulfone groups is 1. The van der Waals surface area contributed by atoms with Gasteiger partial charge in [-0.3, -0.25) is 0 Å². The van der Waals surface area contributed by atoms with Crippen LogP contribution in [-0.4, -0.2) is 37.1 Å². The molecule has 0 radical (unpaired) electrons. The van der Waals surface area contributed by atoms with Crippen LogP contribution in [0.5, 0.6) is 0 Å². The van der Waals surface area contributed by atoms with E-state index < -0.39 is 9.84 Å². The van der Waals surface area contributed by atoms with E-state index in [1.165, 1.54) is 0 Å². The van der Waals surface area contributed by atoms with Gasteiger partial charge in [-0.1, -0.05) is 23.2 Å². The number of fused-ring (bicyclic) bond motifs is 1. The number of hydrogen-bond donors (Lipinski definition) is 1. The molecule has 4 nitrogen and oxygen atoms in total. The smallest absolute Gasteiger partial charge is 0.174 e. The molecule has 2 aliphatic rings. The summed E-state index contributed by atoms with van der Waals surface area (Å²) in [5, 5.41) is 4.47. The van der Waals surface area contributed by atoms with Crippen LogP contribution in [0.15, 0.2) is 18.2 Å². The third kappa shape index (κ3) is 2.31. The lowest BCUT2D eigenvalue weighted by molar-refractivity contribution is 0.600. The van der Waals surface area contributed by atoms with Crippen LogP contribution in [0.3, 0.4) is 0 Å². The lowest BCUT2D eigenvalue weighted by Crippen LogP contribution is -2.36. The first-order valence-electron chi connectivity index (χ1n) is 5.62. The Morgan fingerprint density at radius 1 is 1.26 bits per heavy atom. The number of hydrogen-bond acceptors (Lipinski definition) is 3. The summed E-state index contributed by atoms with van der Waals surface area (Å²) >= 11 is 17.2. The van der Waals surface area contributed by atoms with Crippen molar-refractivity contribution in [3.05, 3.63) is 28.2 Å². The van der Waals surface area contributed by atoms with Crippen molar-refractivity contribution >= 4 is 56.1 Å². The average Bonchev–Trinajstić information content (AvgIpc) is 2.73. The zero-order valence-corrected chi connectivity index (χ0v) is 12.8. The van der Waals surface area contributed by atoms with Gasteiger partial charge >= 0.3 is 0 Å². The van der Waals surface area contributed by atoms with E-state index in [1.54, 1.807) is 18.2 Å². The van der Waals surface area contributed by atoms with Crippen molar-refractivity contribution in [3.8, 4) is 0 Å². The highest BCUT2D eigenvalue weighted by molar-refractivity contribution is 7.91. The van der Waals surface area contributed by atoms with Crippen molar-refractivity contribution in [2.45, 2.75) is 12.1 Å². The molecule has 0 spiro atoms. The van der Waals surface area contributed by atoms with Gasteiger partial charge in [-0.05, 0) is 30.4 Å². The highest BCUT2D eigenvalue weighted by Gasteiger charge is 2.47. The second-order valence-corrected chi connectivity index (χ2v) is 8.02. The van der Waals surface area contributed by atoms with E-state index in [2.05, 4.69) is 5.32 Å². The molecule has 0 saturated carbocycles. The molecule has 1 N–H and O–H groups in total. The molecule has 2 unspecified atom stereocenters. The van der Waals surface area contributed by atoms with Crippen LogP contribution in [0.25, 0.3) is 0 Å². The van der Waals surface area contributed by atoms with Crippen molar-refractivity contribution in [3.63, 3.8) is 0 Å². The number of nitrogens with zero attached hydrogens (tertiary/aromatic N) is 1. The van der Waals surface area contributed by atoms with E-state index in [9.17, 15) is 8.42 Å². The molecule has 0 aromatic heterocycles. The van der Waals surface area contributed by atoms with Gasteiger partial charge in [0.2, 0.25) is 0 Å². The highest BCUT2D eigenvalue weighted by atomic mass is 35.5. The SMILES string of the molecule is O=S1(=O)CC2NC(=S)N(c3ccc(Cl)c(Cl)c3)C2C1. The van der Waals surface area contributed by atoms with E-state index in [0.717, 1.165) is 5.69 Å². The molecule has 0 aliphatic carbocycles. The molecule has 1 aromatic rings. The summed E-state index contributed by atoms with van der Waals surface area (Å²) in [5.74, 6) is 0.223. The zero-order valence-electron chi connectivity index (χ0n) is 9.64. The summed E-state index contributed by atoms with van der Waals surface area (Å²) in [6, 6.07) is 4.85. The maximum Gasteiger partial charge on any atom is 0.174 e. The van der Waals surface area contributed by atoms with E-state index >= 15 is 0 Å². The number of rotatable bonds is 1. The molecule has 1 aromatic carbocycles. The molecule has 0 amide bonds. The Bertz CT molecular complexity index is 663. The zero-order chi connectivity index (χ0) is 13.8. The Hall–Kier alpha value is -0.560. The van der Waals surface area contributed by atoms with Crippen molar-refractivity contribution in [2.24, 2.45) is 0 Å². The monoisotopic (exact) mass is 336 g/mol. The number of thiocarbonyl (C=S) groups is 1. The van der Waals surface area contributed by atoms with E-state index in [4.69, 9.17) is 35.4 Å². The third-order valence-corrected chi connectivity index (χ3v) is 6.13. The fraction of sp³-hybridized carbons (Fsp3) is 0.364. The molecule has 19 heavy (non-hydrogen) atoms. The number of anilines is 1. The predicted molar refractivity (Wildman–Crippen MR) is 80.9 cm³/mol. The molecule has 102 valence electrons. The summed E-state index contributed by atoms with van der Waals surface area (Å²) in [7, 11) is -3.01. The molecule has 2 saturated heterocycles. The first kappa shape index (κ1) is 13.4. The standard InChI is InChI=1S/C11H10Cl2N2O2S2/c12-7-2-1-6(3-8(7)13)15-10-5-19(16,17)4-9(10)14-11(15)18/h1-3,9-10H,4-5H2,(H,14,18). The van der Waals surface area contributed by atoms with Gasteiger partial charge in [-0.25, -0.2) is 8.42 Å². The van der Waals surface area contributed by atoms with Gasteiger partial charge in [-0.2, -0.15) is 0 Å². The Morgan fingerprint density at radius 2 is 2.00 bits per heavy atom. The molecule has 3 rings (SSSR count). The first-order chi connectivity index (χ1) is 8.87. The quantitative estimate of drug-likeness (QED) is 0.793. The largest absolute Gasteiger partial charge is 0.356 e. The van der Waals surface area contributed by atoms with E-state index in [1.807, 2.05) is 4.90 Å². The van der Waals surface area contributed by atoms with Gasteiger partial charge in [0.15, 0.2) is 14.9 Å². The van der Waals surface area contributed by atoms with Crippen LogP contribution in [-0.2, 0) is 9.84 Å². The van der Waals surface area contributed by atoms with Gasteiger partial charge in [0.05, 0.1) is 33.6 Å². The first-order valence-corrected chi connectivity index (χ1v) is 8.61. The van der Waals surface area contributed by atoms with Gasteiger partial charge in [0.1, 0.15) is 0 Å². The predicted octanol–water partition coefficient (Wildman–Crippen LogP) is 1.85. The maximum atomic E-state index is 11.7. The Kier molecular flexibility index (Phi) is 3.16. The average molecular weight is 337 g/mol. The minimum atomic E-state index is -3.01. The number of halogens is 2. The van der Waals surface area contributed by atoms with Gasteiger partial charge in [0.25, 0.3) is 0 Å². The van der Waals surface area contributed by atoms with Crippen molar-refractivity contribution < 1.29 is 8.42 Å². The van der Waals surface area contributed by atoms with Crippen molar-refractivity contribution in [1.29, 1.82) is 0 Å². The molecule has 2 aliphatic heterocycles.